The molecule has 0 spiro atoms. The van der Waals surface area contributed by atoms with Gasteiger partial charge in [-0.3, -0.25) is 0 Å². The summed E-state index contributed by atoms with van der Waals surface area (Å²) in [7, 11) is 0. The Bertz CT molecular complexity index is 200. The summed E-state index contributed by atoms with van der Waals surface area (Å²) >= 11 is 0. The van der Waals surface area contributed by atoms with Crippen LogP contribution in [0.15, 0.2) is 12.2 Å². The van der Waals surface area contributed by atoms with Gasteiger partial charge in [0.15, 0.2) is 0 Å². The fourth-order valence-corrected chi connectivity index (χ4v) is 2.29. The average Bonchev–Trinajstić information content (AvgIpc) is 2.42. The lowest BCUT2D eigenvalue weighted by molar-refractivity contribution is -0.108. The number of hydrogen-bond donors (Lipinski definition) is 0. The summed E-state index contributed by atoms with van der Waals surface area (Å²) in [6.45, 7) is 9.92. The predicted octanol–water partition coefficient (Wildman–Crippen LogP) is 1.61. The molecule has 0 aromatic rings. The smallest absolute Gasteiger partial charge is 0.0907 e. The highest BCUT2D eigenvalue weighted by Gasteiger charge is 2.42. The van der Waals surface area contributed by atoms with Gasteiger partial charge < -0.3 is 9.47 Å². The maximum Gasteiger partial charge on any atom is 0.0907 e. The standard InChI is InChI=1S/C10H16O2/c1-6-4-11-8(3)10-9(6)7(2)5-12-10/h6,8-10H,2,4-5H2,1,3H3. The summed E-state index contributed by atoms with van der Waals surface area (Å²) in [4.78, 5) is 0. The number of fused-ring (bicyclic) bond motifs is 1. The van der Waals surface area contributed by atoms with Gasteiger partial charge in [0.25, 0.3) is 0 Å². The molecule has 0 amide bonds. The zero-order chi connectivity index (χ0) is 8.72. The zero-order valence-electron chi connectivity index (χ0n) is 7.75. The molecule has 0 saturated carbocycles. The zero-order valence-corrected chi connectivity index (χ0v) is 7.75. The van der Waals surface area contributed by atoms with Crippen molar-refractivity contribution in [2.24, 2.45) is 11.8 Å². The molecule has 0 aliphatic carbocycles. The molecule has 0 aromatic heterocycles. The topological polar surface area (TPSA) is 18.5 Å². The first-order valence-corrected chi connectivity index (χ1v) is 4.61. The molecule has 0 radical (unpaired) electrons. The Labute approximate surface area is 73.5 Å². The van der Waals surface area contributed by atoms with Gasteiger partial charge in [0.05, 0.1) is 25.4 Å². The van der Waals surface area contributed by atoms with Gasteiger partial charge in [-0.15, -0.1) is 0 Å². The van der Waals surface area contributed by atoms with Gasteiger partial charge in [0.1, 0.15) is 0 Å². The first-order valence-electron chi connectivity index (χ1n) is 4.61. The molecule has 2 rings (SSSR count). The SMILES string of the molecule is C=C1COC2C(C)OCC(C)C12. The van der Waals surface area contributed by atoms with E-state index in [0.29, 0.717) is 11.8 Å². The van der Waals surface area contributed by atoms with Crippen molar-refractivity contribution in [2.45, 2.75) is 26.1 Å². The highest BCUT2D eigenvalue weighted by molar-refractivity contribution is 5.12. The van der Waals surface area contributed by atoms with E-state index >= 15 is 0 Å². The predicted molar refractivity (Wildman–Crippen MR) is 46.9 cm³/mol. The van der Waals surface area contributed by atoms with Crippen LogP contribution < -0.4 is 0 Å². The molecule has 12 heavy (non-hydrogen) atoms. The van der Waals surface area contributed by atoms with E-state index in [9.17, 15) is 0 Å². The van der Waals surface area contributed by atoms with Crippen LogP contribution in [0.4, 0.5) is 0 Å². The van der Waals surface area contributed by atoms with Gasteiger partial charge in [-0.1, -0.05) is 13.5 Å². The summed E-state index contributed by atoms with van der Waals surface area (Å²) < 4.78 is 11.2. The van der Waals surface area contributed by atoms with Crippen molar-refractivity contribution in [3.8, 4) is 0 Å². The van der Waals surface area contributed by atoms with Gasteiger partial charge in [-0.05, 0) is 18.4 Å². The van der Waals surface area contributed by atoms with E-state index in [4.69, 9.17) is 9.47 Å². The first-order chi connectivity index (χ1) is 5.70. The molecular weight excluding hydrogens is 152 g/mol. The maximum absolute atomic E-state index is 5.63. The van der Waals surface area contributed by atoms with Gasteiger partial charge >= 0.3 is 0 Å². The molecule has 2 heteroatoms. The second-order valence-corrected chi connectivity index (χ2v) is 3.98. The molecule has 2 fully saturated rings. The van der Waals surface area contributed by atoms with Crippen LogP contribution in [-0.4, -0.2) is 25.4 Å². The summed E-state index contributed by atoms with van der Waals surface area (Å²) in [5.41, 5.74) is 1.25. The van der Waals surface area contributed by atoms with Crippen LogP contribution in [0.1, 0.15) is 13.8 Å². The van der Waals surface area contributed by atoms with Crippen molar-refractivity contribution < 1.29 is 9.47 Å². The van der Waals surface area contributed by atoms with Crippen molar-refractivity contribution in [1.82, 2.24) is 0 Å². The lowest BCUT2D eigenvalue weighted by Crippen LogP contribution is -2.42. The van der Waals surface area contributed by atoms with Crippen LogP contribution in [0, 0.1) is 11.8 Å². The Kier molecular flexibility index (Phi) is 1.97. The van der Waals surface area contributed by atoms with E-state index < -0.39 is 0 Å². The molecule has 2 nitrogen and oxygen atoms in total. The van der Waals surface area contributed by atoms with Crippen molar-refractivity contribution >= 4 is 0 Å². The lowest BCUT2D eigenvalue weighted by atomic mass is 9.82. The summed E-state index contributed by atoms with van der Waals surface area (Å²) in [5, 5.41) is 0. The Morgan fingerprint density at radius 3 is 2.75 bits per heavy atom. The van der Waals surface area contributed by atoms with Crippen LogP contribution in [0.3, 0.4) is 0 Å². The highest BCUT2D eigenvalue weighted by atomic mass is 16.5. The fraction of sp³-hybridized carbons (Fsp3) is 0.800. The second-order valence-electron chi connectivity index (χ2n) is 3.98. The summed E-state index contributed by atoms with van der Waals surface area (Å²) in [6.07, 6.45) is 0.506. The number of hydrogen-bond acceptors (Lipinski definition) is 2. The van der Waals surface area contributed by atoms with Crippen molar-refractivity contribution in [3.05, 3.63) is 12.2 Å². The first kappa shape index (κ1) is 8.27. The quantitative estimate of drug-likeness (QED) is 0.512. The van der Waals surface area contributed by atoms with E-state index in [1.54, 1.807) is 0 Å². The molecule has 2 saturated heterocycles. The molecule has 68 valence electrons. The molecule has 4 atom stereocenters. The van der Waals surface area contributed by atoms with Crippen LogP contribution in [0.25, 0.3) is 0 Å². The highest BCUT2D eigenvalue weighted by Crippen LogP contribution is 2.37. The Hall–Kier alpha value is -0.340. The third-order valence-corrected chi connectivity index (χ3v) is 2.98. The van der Waals surface area contributed by atoms with E-state index in [1.807, 2.05) is 0 Å². The van der Waals surface area contributed by atoms with Gasteiger partial charge in [-0.25, -0.2) is 0 Å². The third kappa shape index (κ3) is 1.10. The molecule has 4 unspecified atom stereocenters. The monoisotopic (exact) mass is 168 g/mol. The third-order valence-electron chi connectivity index (χ3n) is 2.98. The minimum atomic E-state index is 0.241. The Morgan fingerprint density at radius 1 is 1.33 bits per heavy atom. The molecule has 2 aliphatic rings. The second kappa shape index (κ2) is 2.86. The van der Waals surface area contributed by atoms with Crippen LogP contribution in [0.2, 0.25) is 0 Å². The van der Waals surface area contributed by atoms with Crippen LogP contribution in [-0.2, 0) is 9.47 Å². The number of ether oxygens (including phenoxy) is 2. The molecule has 2 aliphatic heterocycles. The summed E-state index contributed by atoms with van der Waals surface area (Å²) in [6, 6.07) is 0. The van der Waals surface area contributed by atoms with Gasteiger partial charge in [0.2, 0.25) is 0 Å². The average molecular weight is 168 g/mol. The normalized spacial score (nSPS) is 47.7. The van der Waals surface area contributed by atoms with Gasteiger partial charge in [0, 0.05) is 5.92 Å². The molecule has 2 heterocycles. The molecule has 0 N–H and O–H groups in total. The van der Waals surface area contributed by atoms with E-state index in [1.165, 1.54) is 5.57 Å². The fourth-order valence-electron chi connectivity index (χ4n) is 2.29. The molecular formula is C10H16O2. The molecule has 0 aromatic carbocycles. The van der Waals surface area contributed by atoms with Crippen LogP contribution >= 0.6 is 0 Å². The van der Waals surface area contributed by atoms with E-state index in [-0.39, 0.29) is 12.2 Å². The van der Waals surface area contributed by atoms with Crippen molar-refractivity contribution in [2.75, 3.05) is 13.2 Å². The van der Waals surface area contributed by atoms with Crippen molar-refractivity contribution in [3.63, 3.8) is 0 Å². The van der Waals surface area contributed by atoms with Crippen LogP contribution in [0.5, 0.6) is 0 Å². The van der Waals surface area contributed by atoms with E-state index in [0.717, 1.165) is 13.2 Å². The number of rotatable bonds is 0. The van der Waals surface area contributed by atoms with Gasteiger partial charge in [-0.2, -0.15) is 0 Å². The van der Waals surface area contributed by atoms with E-state index in [2.05, 4.69) is 20.4 Å². The molecule has 0 bridgehead atoms. The minimum Gasteiger partial charge on any atom is -0.375 e. The lowest BCUT2D eigenvalue weighted by Gasteiger charge is -2.35. The largest absolute Gasteiger partial charge is 0.375 e. The Balaban J connectivity index is 2.18. The Morgan fingerprint density at radius 2 is 2.08 bits per heavy atom. The van der Waals surface area contributed by atoms with Crippen molar-refractivity contribution in [1.29, 1.82) is 0 Å². The maximum atomic E-state index is 5.63. The minimum absolute atomic E-state index is 0.241. The summed E-state index contributed by atoms with van der Waals surface area (Å²) in [5.74, 6) is 1.11.